The monoisotopic (exact) mass is 268 g/mol. The Morgan fingerprint density at radius 3 is 2.72 bits per heavy atom. The molecule has 8 heteroatoms. The van der Waals surface area contributed by atoms with Crippen LogP contribution in [0.5, 0.6) is 0 Å². The van der Waals surface area contributed by atoms with Gasteiger partial charge in [-0.05, 0) is 24.3 Å². The van der Waals surface area contributed by atoms with E-state index in [1.54, 1.807) is 0 Å². The summed E-state index contributed by atoms with van der Waals surface area (Å²) >= 11 is 1.20. The molecule has 18 heavy (non-hydrogen) atoms. The maximum absolute atomic E-state index is 12.6. The van der Waals surface area contributed by atoms with Gasteiger partial charge in [-0.15, -0.1) is 5.10 Å². The van der Waals surface area contributed by atoms with Crippen LogP contribution in [-0.4, -0.2) is 22.9 Å². The van der Waals surface area contributed by atoms with Gasteiger partial charge >= 0.3 is 6.03 Å². The lowest BCUT2D eigenvalue weighted by Crippen LogP contribution is -2.28. The Kier molecular flexibility index (Phi) is 3.78. The normalized spacial score (nSPS) is 16.5. The summed E-state index contributed by atoms with van der Waals surface area (Å²) in [5.41, 5.74) is 2.66. The summed E-state index contributed by atoms with van der Waals surface area (Å²) in [5.74, 6) is -0.245. The van der Waals surface area contributed by atoms with Crippen LogP contribution in [0.15, 0.2) is 29.4 Å². The first kappa shape index (κ1) is 12.4. The maximum Gasteiger partial charge on any atom is 0.339 e. The highest BCUT2D eigenvalue weighted by molar-refractivity contribution is 8.15. The van der Waals surface area contributed by atoms with E-state index >= 15 is 0 Å². The van der Waals surface area contributed by atoms with Crippen LogP contribution in [0.3, 0.4) is 0 Å². The van der Waals surface area contributed by atoms with Gasteiger partial charge < -0.3 is 10.6 Å². The van der Waals surface area contributed by atoms with E-state index in [4.69, 9.17) is 0 Å². The molecule has 0 radical (unpaired) electrons. The molecule has 1 aromatic rings. The Morgan fingerprint density at radius 1 is 1.39 bits per heavy atom. The number of halogens is 1. The van der Waals surface area contributed by atoms with Crippen molar-refractivity contribution < 1.29 is 14.0 Å². The summed E-state index contributed by atoms with van der Waals surface area (Å²) in [7, 11) is 0. The van der Waals surface area contributed by atoms with Gasteiger partial charge in [-0.2, -0.15) is 0 Å². The molecular weight excluding hydrogens is 259 g/mol. The molecule has 0 unspecified atom stereocenters. The number of anilines is 1. The fourth-order valence-corrected chi connectivity index (χ4v) is 1.82. The van der Waals surface area contributed by atoms with Gasteiger partial charge in [0.25, 0.3) is 0 Å². The first-order valence-electron chi connectivity index (χ1n) is 4.96. The van der Waals surface area contributed by atoms with Gasteiger partial charge in [-0.3, -0.25) is 4.79 Å². The second kappa shape index (κ2) is 5.50. The molecule has 1 aromatic carbocycles. The van der Waals surface area contributed by atoms with E-state index in [0.29, 0.717) is 16.6 Å². The average Bonchev–Trinajstić information content (AvgIpc) is 2.76. The predicted octanol–water partition coefficient (Wildman–Crippen LogP) is 1.08. The molecule has 0 aromatic heterocycles. The summed E-state index contributed by atoms with van der Waals surface area (Å²) in [5, 5.41) is 8.96. The molecule has 3 N–H and O–H groups in total. The van der Waals surface area contributed by atoms with Crippen LogP contribution in [0.25, 0.3) is 0 Å². The van der Waals surface area contributed by atoms with Gasteiger partial charge in [0, 0.05) is 5.69 Å². The second-order valence-electron chi connectivity index (χ2n) is 3.33. The number of urea groups is 1. The van der Waals surface area contributed by atoms with Crippen molar-refractivity contribution in [2.24, 2.45) is 5.10 Å². The van der Waals surface area contributed by atoms with E-state index in [-0.39, 0.29) is 11.7 Å². The highest BCUT2D eigenvalue weighted by Crippen LogP contribution is 2.09. The number of nitrogens with zero attached hydrogens (tertiary/aromatic N) is 1. The van der Waals surface area contributed by atoms with E-state index in [0.717, 1.165) is 0 Å². The fraction of sp³-hybridized carbons (Fsp3) is 0.100. The van der Waals surface area contributed by atoms with E-state index < -0.39 is 6.03 Å². The van der Waals surface area contributed by atoms with Crippen LogP contribution in [0.4, 0.5) is 14.9 Å². The van der Waals surface area contributed by atoms with Crippen molar-refractivity contribution >= 4 is 34.6 Å². The molecule has 1 aliphatic heterocycles. The van der Waals surface area contributed by atoms with Crippen molar-refractivity contribution in [1.82, 2.24) is 10.7 Å². The number of amidine groups is 1. The minimum atomic E-state index is -0.573. The number of hydrogen-bond donors (Lipinski definition) is 3. The van der Waals surface area contributed by atoms with Gasteiger partial charge in [0.2, 0.25) is 5.91 Å². The molecule has 94 valence electrons. The Labute approximate surface area is 106 Å². The maximum atomic E-state index is 12.6. The zero-order chi connectivity index (χ0) is 13.0. The molecule has 2 rings (SSSR count). The molecule has 0 aliphatic carbocycles. The van der Waals surface area contributed by atoms with E-state index in [1.165, 1.54) is 36.0 Å². The molecule has 1 heterocycles. The molecule has 0 atom stereocenters. The lowest BCUT2D eigenvalue weighted by molar-refractivity contribution is -0.116. The topological polar surface area (TPSA) is 82.6 Å². The molecule has 6 nitrogen and oxygen atoms in total. The molecular formula is C10H9FN4O2S. The van der Waals surface area contributed by atoms with E-state index in [9.17, 15) is 14.0 Å². The molecule has 0 spiro atoms. The van der Waals surface area contributed by atoms with Crippen molar-refractivity contribution in [1.29, 1.82) is 0 Å². The third-order valence-electron chi connectivity index (χ3n) is 1.95. The summed E-state index contributed by atoms with van der Waals surface area (Å²) in [6.45, 7) is 0. The Balaban J connectivity index is 1.85. The Bertz CT molecular complexity index is 503. The van der Waals surface area contributed by atoms with Crippen molar-refractivity contribution in [2.45, 2.75) is 0 Å². The zero-order valence-corrected chi connectivity index (χ0v) is 9.88. The Hall–Kier alpha value is -2.09. The van der Waals surface area contributed by atoms with Crippen LogP contribution < -0.4 is 16.1 Å². The standard InChI is InChI=1S/C10H9FN4O2S/c11-6-1-3-7(4-2-6)12-9(17)14-15-10-13-8(16)5-18-10/h1-4H,5H2,(H2,12,14,17)(H,13,15,16). The third kappa shape index (κ3) is 3.45. The number of carbonyl (C=O) groups excluding carboxylic acids is 2. The molecule has 1 fully saturated rings. The van der Waals surface area contributed by atoms with Crippen LogP contribution >= 0.6 is 11.8 Å². The molecule has 1 aliphatic rings. The molecule has 0 saturated carbocycles. The Morgan fingerprint density at radius 2 is 2.11 bits per heavy atom. The molecule has 1 saturated heterocycles. The minimum absolute atomic E-state index is 0.153. The third-order valence-corrected chi connectivity index (χ3v) is 2.82. The van der Waals surface area contributed by atoms with E-state index in [1.807, 2.05) is 0 Å². The SMILES string of the molecule is O=C1CS/C(=N/NC(=O)Nc2ccc(F)cc2)N1. The van der Waals surface area contributed by atoms with Crippen molar-refractivity contribution in [2.75, 3.05) is 11.1 Å². The first-order valence-corrected chi connectivity index (χ1v) is 5.95. The molecule has 0 bridgehead atoms. The van der Waals surface area contributed by atoms with Gasteiger partial charge in [0.1, 0.15) is 5.82 Å². The number of hydrogen-bond acceptors (Lipinski definition) is 4. The number of hydrazone groups is 1. The highest BCUT2D eigenvalue weighted by atomic mass is 32.2. The molecule has 3 amide bonds. The number of amides is 3. The smallest absolute Gasteiger partial charge is 0.307 e. The summed E-state index contributed by atoms with van der Waals surface area (Å²) in [6, 6.07) is 4.74. The largest absolute Gasteiger partial charge is 0.339 e. The summed E-state index contributed by atoms with van der Waals surface area (Å²) in [6.07, 6.45) is 0. The van der Waals surface area contributed by atoms with Crippen molar-refractivity contribution in [3.63, 3.8) is 0 Å². The van der Waals surface area contributed by atoms with Gasteiger partial charge in [-0.1, -0.05) is 11.8 Å². The number of nitrogens with one attached hydrogen (secondary N) is 3. The summed E-state index contributed by atoms with van der Waals surface area (Å²) < 4.78 is 12.6. The number of benzene rings is 1. The van der Waals surface area contributed by atoms with Crippen LogP contribution in [-0.2, 0) is 4.79 Å². The number of rotatable bonds is 2. The van der Waals surface area contributed by atoms with Gasteiger partial charge in [0.15, 0.2) is 5.17 Å². The summed E-state index contributed by atoms with van der Waals surface area (Å²) in [4.78, 5) is 22.2. The van der Waals surface area contributed by atoms with E-state index in [2.05, 4.69) is 21.2 Å². The fourth-order valence-electron chi connectivity index (χ4n) is 1.18. The van der Waals surface area contributed by atoms with Gasteiger partial charge in [-0.25, -0.2) is 14.6 Å². The first-order chi connectivity index (χ1) is 8.63. The highest BCUT2D eigenvalue weighted by Gasteiger charge is 2.16. The minimum Gasteiger partial charge on any atom is -0.307 e. The average molecular weight is 268 g/mol. The van der Waals surface area contributed by atoms with Crippen LogP contribution in [0, 0.1) is 5.82 Å². The van der Waals surface area contributed by atoms with Gasteiger partial charge in [0.05, 0.1) is 5.75 Å². The lowest BCUT2D eigenvalue weighted by Gasteiger charge is -2.04. The second-order valence-corrected chi connectivity index (χ2v) is 4.29. The van der Waals surface area contributed by atoms with Crippen LogP contribution in [0.1, 0.15) is 0 Å². The number of thioether (sulfide) groups is 1. The van der Waals surface area contributed by atoms with Crippen molar-refractivity contribution in [3.05, 3.63) is 30.1 Å². The van der Waals surface area contributed by atoms with Crippen LogP contribution in [0.2, 0.25) is 0 Å². The predicted molar refractivity (Wildman–Crippen MR) is 66.6 cm³/mol. The number of carbonyl (C=O) groups is 2. The quantitative estimate of drug-likeness (QED) is 0.702. The zero-order valence-electron chi connectivity index (χ0n) is 9.07. The van der Waals surface area contributed by atoms with Crippen molar-refractivity contribution in [3.8, 4) is 0 Å². The lowest BCUT2D eigenvalue weighted by atomic mass is 10.3.